The Bertz CT molecular complexity index is 821. The Morgan fingerprint density at radius 1 is 1.07 bits per heavy atom. The lowest BCUT2D eigenvalue weighted by Gasteiger charge is -2.43. The van der Waals surface area contributed by atoms with Crippen molar-refractivity contribution in [1.82, 2.24) is 30.0 Å². The van der Waals surface area contributed by atoms with E-state index < -0.39 is 0 Å². The monoisotopic (exact) mass is 414 g/mol. The van der Waals surface area contributed by atoms with E-state index in [9.17, 15) is 4.39 Å². The van der Waals surface area contributed by atoms with Crippen LogP contribution in [0.25, 0.3) is 0 Å². The summed E-state index contributed by atoms with van der Waals surface area (Å²) in [7, 11) is 0. The summed E-state index contributed by atoms with van der Waals surface area (Å²) in [6.07, 6.45) is 7.61. The van der Waals surface area contributed by atoms with Crippen LogP contribution in [0.4, 0.5) is 4.39 Å². The fourth-order valence-electron chi connectivity index (χ4n) is 4.95. The summed E-state index contributed by atoms with van der Waals surface area (Å²) in [6, 6.07) is 7.52. The molecule has 1 saturated carbocycles. The highest BCUT2D eigenvalue weighted by atomic mass is 19.1. The van der Waals surface area contributed by atoms with Gasteiger partial charge < -0.3 is 0 Å². The minimum absolute atomic E-state index is 0.193. The minimum Gasteiger partial charge on any atom is -0.298 e. The molecule has 164 valence electrons. The van der Waals surface area contributed by atoms with Crippen LogP contribution in [0, 0.1) is 5.82 Å². The molecule has 1 aliphatic heterocycles. The molecule has 1 aromatic heterocycles. The fraction of sp³-hybridized carbons (Fsp3) is 0.696. The number of nitrogens with zero attached hydrogens (tertiary/aromatic N) is 6. The van der Waals surface area contributed by atoms with Gasteiger partial charge in [-0.2, -0.15) is 0 Å². The average molecular weight is 415 g/mol. The molecule has 0 N–H and O–H groups in total. The summed E-state index contributed by atoms with van der Waals surface area (Å²) in [5.74, 6) is 0.541. The number of piperazine rings is 1. The Morgan fingerprint density at radius 3 is 2.43 bits per heavy atom. The second-order valence-electron chi connectivity index (χ2n) is 9.40. The van der Waals surface area contributed by atoms with Gasteiger partial charge in [-0.3, -0.25) is 9.80 Å². The smallest absolute Gasteiger partial charge is 0.173 e. The molecule has 1 saturated heterocycles. The van der Waals surface area contributed by atoms with Crippen LogP contribution in [0.5, 0.6) is 0 Å². The van der Waals surface area contributed by atoms with E-state index in [2.05, 4.69) is 46.1 Å². The molecule has 6 nitrogen and oxygen atoms in total. The summed E-state index contributed by atoms with van der Waals surface area (Å²) in [5.41, 5.74) is 0.429. The van der Waals surface area contributed by atoms with Crippen molar-refractivity contribution in [2.24, 2.45) is 0 Å². The van der Waals surface area contributed by atoms with Gasteiger partial charge in [-0.25, -0.2) is 9.07 Å². The van der Waals surface area contributed by atoms with Crippen molar-refractivity contribution in [2.45, 2.75) is 76.9 Å². The molecule has 7 heteroatoms. The molecule has 2 aliphatic rings. The first-order valence-electron chi connectivity index (χ1n) is 11.5. The summed E-state index contributed by atoms with van der Waals surface area (Å²) in [5, 5.41) is 12.7. The maximum absolute atomic E-state index is 14.9. The van der Waals surface area contributed by atoms with Crippen LogP contribution in [0.1, 0.15) is 76.7 Å². The third kappa shape index (κ3) is 4.28. The molecule has 0 unspecified atom stereocenters. The molecule has 0 radical (unpaired) electrons. The van der Waals surface area contributed by atoms with Crippen molar-refractivity contribution < 1.29 is 4.39 Å². The van der Waals surface area contributed by atoms with Crippen LogP contribution in [0.3, 0.4) is 0 Å². The zero-order valence-electron chi connectivity index (χ0n) is 18.6. The largest absolute Gasteiger partial charge is 0.298 e. The van der Waals surface area contributed by atoms with Crippen molar-refractivity contribution in [2.75, 3.05) is 26.2 Å². The lowest BCUT2D eigenvalue weighted by Crippen LogP contribution is -2.52. The Morgan fingerprint density at radius 2 is 1.77 bits per heavy atom. The van der Waals surface area contributed by atoms with Crippen molar-refractivity contribution >= 4 is 0 Å². The van der Waals surface area contributed by atoms with Gasteiger partial charge in [-0.05, 0) is 49.6 Å². The predicted molar refractivity (Wildman–Crippen MR) is 116 cm³/mol. The van der Waals surface area contributed by atoms with Gasteiger partial charge in [0, 0.05) is 37.8 Å². The second-order valence-corrected chi connectivity index (χ2v) is 9.40. The number of tetrazole rings is 1. The lowest BCUT2D eigenvalue weighted by molar-refractivity contribution is 0.0598. The molecule has 2 aromatic rings. The quantitative estimate of drug-likeness (QED) is 0.715. The Balaban J connectivity index is 1.62. The maximum atomic E-state index is 14.9. The Kier molecular flexibility index (Phi) is 6.48. The first kappa shape index (κ1) is 21.4. The number of hydrogen-bond donors (Lipinski definition) is 0. The van der Waals surface area contributed by atoms with Gasteiger partial charge in [0.2, 0.25) is 0 Å². The van der Waals surface area contributed by atoms with Crippen LogP contribution < -0.4 is 0 Å². The normalized spacial score (nSPS) is 21.1. The summed E-state index contributed by atoms with van der Waals surface area (Å²) < 4.78 is 16.8. The van der Waals surface area contributed by atoms with Crippen LogP contribution in [0.2, 0.25) is 0 Å². The molecular formula is C23H35FN6. The van der Waals surface area contributed by atoms with E-state index in [0.717, 1.165) is 44.5 Å². The van der Waals surface area contributed by atoms with Gasteiger partial charge in [0.15, 0.2) is 5.82 Å². The SMILES string of the molecule is CCC(C)(C)n1nnnc1[C@H](c1ccccc1F)N1CCN(C2CCCCC2)CC1. The third-order valence-electron chi connectivity index (χ3n) is 7.18. The van der Waals surface area contributed by atoms with Crippen LogP contribution >= 0.6 is 0 Å². The number of aromatic nitrogens is 4. The first-order valence-corrected chi connectivity index (χ1v) is 11.5. The molecule has 2 fully saturated rings. The summed E-state index contributed by atoms with van der Waals surface area (Å²) in [4.78, 5) is 5.01. The highest BCUT2D eigenvalue weighted by Crippen LogP contribution is 2.33. The van der Waals surface area contributed by atoms with E-state index in [0.29, 0.717) is 5.56 Å². The van der Waals surface area contributed by atoms with E-state index in [1.807, 2.05) is 16.8 Å². The molecule has 30 heavy (non-hydrogen) atoms. The van der Waals surface area contributed by atoms with E-state index in [-0.39, 0.29) is 17.4 Å². The van der Waals surface area contributed by atoms with Crippen molar-refractivity contribution in [3.63, 3.8) is 0 Å². The first-order chi connectivity index (χ1) is 14.5. The zero-order chi connectivity index (χ0) is 21.1. The highest BCUT2D eigenvalue weighted by molar-refractivity contribution is 5.27. The molecule has 1 aromatic carbocycles. The second kappa shape index (κ2) is 9.10. The van der Waals surface area contributed by atoms with E-state index >= 15 is 0 Å². The van der Waals surface area contributed by atoms with Gasteiger partial charge in [-0.1, -0.05) is 44.4 Å². The summed E-state index contributed by atoms with van der Waals surface area (Å²) >= 11 is 0. The number of hydrogen-bond acceptors (Lipinski definition) is 5. The molecule has 0 amide bonds. The van der Waals surface area contributed by atoms with Gasteiger partial charge in [-0.15, -0.1) is 5.10 Å². The molecule has 2 heterocycles. The van der Waals surface area contributed by atoms with Crippen molar-refractivity contribution in [3.8, 4) is 0 Å². The molecule has 4 rings (SSSR count). The van der Waals surface area contributed by atoms with Crippen LogP contribution in [0.15, 0.2) is 24.3 Å². The van der Waals surface area contributed by atoms with Gasteiger partial charge in [0.05, 0.1) is 5.54 Å². The standard InChI is InChI=1S/C23H35FN6/c1-4-23(2,3)30-22(25-26-27-30)21(19-12-8-9-13-20(19)24)29-16-14-28(15-17-29)18-10-6-5-7-11-18/h8-9,12-13,18,21H,4-7,10-11,14-17H2,1-3H3/t21-/m0/s1. The van der Waals surface area contributed by atoms with Gasteiger partial charge >= 0.3 is 0 Å². The van der Waals surface area contributed by atoms with E-state index in [1.54, 1.807) is 12.1 Å². The highest BCUT2D eigenvalue weighted by Gasteiger charge is 2.36. The average Bonchev–Trinajstić information content (AvgIpc) is 3.27. The number of benzene rings is 1. The number of halogens is 1. The van der Waals surface area contributed by atoms with Gasteiger partial charge in [0.1, 0.15) is 11.9 Å². The third-order valence-corrected chi connectivity index (χ3v) is 7.18. The Labute approximate surface area is 179 Å². The van der Waals surface area contributed by atoms with Crippen LogP contribution in [-0.2, 0) is 5.54 Å². The maximum Gasteiger partial charge on any atom is 0.173 e. The topological polar surface area (TPSA) is 50.1 Å². The Hall–Kier alpha value is -1.86. The van der Waals surface area contributed by atoms with Gasteiger partial charge in [0.25, 0.3) is 0 Å². The predicted octanol–water partition coefficient (Wildman–Crippen LogP) is 4.00. The molecule has 0 bridgehead atoms. The minimum atomic E-state index is -0.277. The van der Waals surface area contributed by atoms with E-state index in [4.69, 9.17) is 0 Å². The zero-order valence-corrected chi connectivity index (χ0v) is 18.6. The fourth-order valence-corrected chi connectivity index (χ4v) is 4.95. The van der Waals surface area contributed by atoms with Crippen molar-refractivity contribution in [3.05, 3.63) is 41.5 Å². The lowest BCUT2D eigenvalue weighted by atomic mass is 9.93. The molecule has 1 aliphatic carbocycles. The van der Waals surface area contributed by atoms with Crippen LogP contribution in [-0.4, -0.2) is 62.2 Å². The summed E-state index contributed by atoms with van der Waals surface area (Å²) in [6.45, 7) is 10.2. The number of rotatable bonds is 6. The van der Waals surface area contributed by atoms with Crippen molar-refractivity contribution in [1.29, 1.82) is 0 Å². The van der Waals surface area contributed by atoms with E-state index in [1.165, 1.54) is 32.1 Å². The molecule has 0 spiro atoms. The molecular weight excluding hydrogens is 379 g/mol. The molecule has 1 atom stereocenters.